The summed E-state index contributed by atoms with van der Waals surface area (Å²) in [5, 5.41) is 31.2. The molecule has 21 heavy (non-hydrogen) atoms. The van der Waals surface area contributed by atoms with Gasteiger partial charge < -0.3 is 15.3 Å². The number of carbonyl (C=O) groups excluding carboxylic acids is 1. The second-order valence-corrected chi connectivity index (χ2v) is 4.77. The summed E-state index contributed by atoms with van der Waals surface area (Å²) in [5.74, 6) is -3.02. The van der Waals surface area contributed by atoms with E-state index in [1.807, 2.05) is 0 Å². The fourth-order valence-electron chi connectivity index (χ4n) is 2.37. The Morgan fingerprint density at radius 3 is 2.33 bits per heavy atom. The van der Waals surface area contributed by atoms with Crippen molar-refractivity contribution in [3.63, 3.8) is 0 Å². The van der Waals surface area contributed by atoms with Crippen LogP contribution in [0, 0.1) is 0 Å². The third-order valence-electron chi connectivity index (χ3n) is 3.44. The summed E-state index contributed by atoms with van der Waals surface area (Å²) < 4.78 is 0. The lowest BCUT2D eigenvalue weighted by Gasteiger charge is -2.30. The highest BCUT2D eigenvalue weighted by atomic mass is 16.5. The van der Waals surface area contributed by atoms with Crippen LogP contribution in [0.3, 0.4) is 0 Å². The Morgan fingerprint density at radius 2 is 1.67 bits per heavy atom. The number of amides is 1. The van der Waals surface area contributed by atoms with Crippen LogP contribution in [-0.4, -0.2) is 26.2 Å². The van der Waals surface area contributed by atoms with Crippen molar-refractivity contribution in [2.45, 2.75) is 12.1 Å². The van der Waals surface area contributed by atoms with Gasteiger partial charge in [0.1, 0.15) is 0 Å². The minimum atomic E-state index is -2.47. The van der Waals surface area contributed by atoms with Crippen molar-refractivity contribution in [1.29, 1.82) is 0 Å². The Morgan fingerprint density at radius 1 is 1.05 bits per heavy atom. The van der Waals surface area contributed by atoms with E-state index in [-0.39, 0.29) is 5.56 Å². The number of rotatable bonds is 2. The zero-order valence-corrected chi connectivity index (χ0v) is 11.0. The van der Waals surface area contributed by atoms with Crippen LogP contribution in [0.5, 0.6) is 0 Å². The highest BCUT2D eigenvalue weighted by Crippen LogP contribution is 2.40. The molecule has 0 spiro atoms. The molecule has 0 aliphatic carbocycles. The molecule has 1 unspecified atom stereocenters. The number of aliphatic hydroxyl groups is 3. The first-order chi connectivity index (χ1) is 10.0. The molecule has 108 valence electrons. The van der Waals surface area contributed by atoms with Gasteiger partial charge in [0.2, 0.25) is 0 Å². The Bertz CT molecular complexity index is 672. The Balaban J connectivity index is 1.89. The summed E-state index contributed by atoms with van der Waals surface area (Å²) in [5.41, 5.74) is 3.13. The zero-order valence-electron chi connectivity index (χ0n) is 11.0. The van der Waals surface area contributed by atoms with Crippen LogP contribution in [0.4, 0.5) is 0 Å². The Kier molecular flexibility index (Phi) is 3.23. The summed E-state index contributed by atoms with van der Waals surface area (Å²) in [4.78, 5) is 12.1. The van der Waals surface area contributed by atoms with Crippen molar-refractivity contribution in [2.24, 2.45) is 0 Å². The SMILES string of the molecule is O=C(NN1C(O)c2ccccc2C1(O)O)c1ccccc1. The van der Waals surface area contributed by atoms with Crippen LogP contribution >= 0.6 is 0 Å². The third kappa shape index (κ3) is 2.20. The number of benzene rings is 2. The molecule has 0 aromatic heterocycles. The second-order valence-electron chi connectivity index (χ2n) is 4.77. The van der Waals surface area contributed by atoms with E-state index in [2.05, 4.69) is 5.43 Å². The molecule has 6 heteroatoms. The quantitative estimate of drug-likeness (QED) is 0.601. The number of hydrogen-bond acceptors (Lipinski definition) is 5. The molecule has 1 aliphatic rings. The maximum absolute atomic E-state index is 12.1. The Hall–Kier alpha value is -2.25. The predicted molar refractivity (Wildman–Crippen MR) is 73.3 cm³/mol. The van der Waals surface area contributed by atoms with E-state index in [1.165, 1.54) is 6.07 Å². The fraction of sp³-hybridized carbons (Fsp3) is 0.133. The minimum absolute atomic E-state index is 0.130. The molecule has 0 bridgehead atoms. The average molecular weight is 286 g/mol. The van der Waals surface area contributed by atoms with E-state index >= 15 is 0 Å². The van der Waals surface area contributed by atoms with Gasteiger partial charge in [-0.3, -0.25) is 10.2 Å². The normalized spacial score (nSPS) is 20.0. The number of carbonyl (C=O) groups is 1. The molecular formula is C15H14N2O4. The first-order valence-electron chi connectivity index (χ1n) is 6.39. The van der Waals surface area contributed by atoms with Gasteiger partial charge in [0.05, 0.1) is 0 Å². The summed E-state index contributed by atoms with van der Waals surface area (Å²) in [6.45, 7) is 0. The number of nitrogens with zero attached hydrogens (tertiary/aromatic N) is 1. The van der Waals surface area contributed by atoms with Crippen molar-refractivity contribution in [3.8, 4) is 0 Å². The molecule has 0 radical (unpaired) electrons. The van der Waals surface area contributed by atoms with Crippen molar-refractivity contribution in [3.05, 3.63) is 71.3 Å². The molecule has 0 saturated heterocycles. The monoisotopic (exact) mass is 286 g/mol. The molecule has 2 aromatic rings. The number of fused-ring (bicyclic) bond motifs is 1. The first kappa shape index (κ1) is 13.7. The van der Waals surface area contributed by atoms with Gasteiger partial charge in [-0.1, -0.05) is 42.5 Å². The van der Waals surface area contributed by atoms with Crippen LogP contribution in [0.15, 0.2) is 54.6 Å². The highest BCUT2D eigenvalue weighted by molar-refractivity contribution is 5.93. The first-order valence-corrected chi connectivity index (χ1v) is 6.39. The Labute approximate surface area is 120 Å². The third-order valence-corrected chi connectivity index (χ3v) is 3.44. The van der Waals surface area contributed by atoms with Gasteiger partial charge in [-0.2, -0.15) is 0 Å². The van der Waals surface area contributed by atoms with E-state index in [1.54, 1.807) is 48.5 Å². The van der Waals surface area contributed by atoms with Gasteiger partial charge in [0.25, 0.3) is 11.8 Å². The van der Waals surface area contributed by atoms with E-state index in [4.69, 9.17) is 0 Å². The van der Waals surface area contributed by atoms with Gasteiger partial charge in [-0.25, -0.2) is 0 Å². The van der Waals surface area contributed by atoms with Crippen LogP contribution < -0.4 is 5.43 Å². The van der Waals surface area contributed by atoms with Crippen LogP contribution in [0.25, 0.3) is 0 Å². The van der Waals surface area contributed by atoms with Crippen LogP contribution in [0.1, 0.15) is 27.7 Å². The molecule has 1 amide bonds. The minimum Gasteiger partial charge on any atom is -0.372 e. The molecule has 0 fully saturated rings. The van der Waals surface area contributed by atoms with Gasteiger partial charge >= 0.3 is 0 Å². The van der Waals surface area contributed by atoms with Crippen LogP contribution in [0.2, 0.25) is 0 Å². The maximum atomic E-state index is 12.1. The van der Waals surface area contributed by atoms with Gasteiger partial charge in [0.15, 0.2) is 6.23 Å². The molecule has 4 N–H and O–H groups in total. The largest absolute Gasteiger partial charge is 0.372 e. The smallest absolute Gasteiger partial charge is 0.273 e. The molecule has 2 aromatic carbocycles. The summed E-state index contributed by atoms with van der Waals surface area (Å²) in [6, 6.07) is 14.6. The van der Waals surface area contributed by atoms with E-state index < -0.39 is 18.0 Å². The zero-order chi connectivity index (χ0) is 15.0. The number of nitrogens with one attached hydrogen (secondary N) is 1. The lowest BCUT2D eigenvalue weighted by molar-refractivity contribution is -0.308. The van der Waals surface area contributed by atoms with Crippen molar-refractivity contribution >= 4 is 5.91 Å². The van der Waals surface area contributed by atoms with Crippen LogP contribution in [-0.2, 0) is 5.91 Å². The highest BCUT2D eigenvalue weighted by Gasteiger charge is 2.49. The molecule has 1 atom stereocenters. The molecule has 3 rings (SSSR count). The molecular weight excluding hydrogens is 272 g/mol. The summed E-state index contributed by atoms with van der Waals surface area (Å²) >= 11 is 0. The topological polar surface area (TPSA) is 93.0 Å². The maximum Gasteiger partial charge on any atom is 0.273 e. The standard InChI is InChI=1S/C15H14N2O4/c18-13(10-6-2-1-3-7-10)16-17-14(19)11-8-4-5-9-12(11)15(17,20)21/h1-9,14,19-21H,(H,16,18). The van der Waals surface area contributed by atoms with Crippen molar-refractivity contribution < 1.29 is 20.1 Å². The predicted octanol–water partition coefficient (Wildman–Crippen LogP) is 0.433. The van der Waals surface area contributed by atoms with E-state index in [0.29, 0.717) is 16.1 Å². The fourth-order valence-corrected chi connectivity index (χ4v) is 2.37. The average Bonchev–Trinajstić information content (AvgIpc) is 2.70. The molecule has 0 saturated carbocycles. The van der Waals surface area contributed by atoms with E-state index in [9.17, 15) is 20.1 Å². The lowest BCUT2D eigenvalue weighted by Crippen LogP contribution is -2.53. The number of hydrogen-bond donors (Lipinski definition) is 4. The van der Waals surface area contributed by atoms with Gasteiger partial charge in [-0.15, -0.1) is 5.01 Å². The van der Waals surface area contributed by atoms with Gasteiger partial charge in [-0.05, 0) is 12.1 Å². The molecule has 1 heterocycles. The second kappa shape index (κ2) is 4.94. The van der Waals surface area contributed by atoms with Crippen molar-refractivity contribution in [1.82, 2.24) is 10.4 Å². The lowest BCUT2D eigenvalue weighted by atomic mass is 10.1. The summed E-state index contributed by atoms with van der Waals surface area (Å²) in [6.07, 6.45) is -1.34. The summed E-state index contributed by atoms with van der Waals surface area (Å²) in [7, 11) is 0. The van der Waals surface area contributed by atoms with E-state index in [0.717, 1.165) is 0 Å². The van der Waals surface area contributed by atoms with Gasteiger partial charge in [0, 0.05) is 16.7 Å². The molecule has 1 aliphatic heterocycles. The molecule has 6 nitrogen and oxygen atoms in total. The van der Waals surface area contributed by atoms with Crippen molar-refractivity contribution in [2.75, 3.05) is 0 Å². The number of aliphatic hydroxyl groups excluding tert-OH is 1. The number of hydrazine groups is 1.